The molecule has 5 rings (SSSR count). The first kappa shape index (κ1) is 19.7. The van der Waals surface area contributed by atoms with E-state index in [-0.39, 0.29) is 17.9 Å². The molecule has 158 valence electrons. The third kappa shape index (κ3) is 3.79. The van der Waals surface area contributed by atoms with Crippen molar-refractivity contribution in [2.24, 2.45) is 7.05 Å². The molecule has 31 heavy (non-hydrogen) atoms. The zero-order valence-electron chi connectivity index (χ0n) is 17.3. The average Bonchev–Trinajstić information content (AvgIpc) is 3.33. The first-order valence-corrected chi connectivity index (χ1v) is 11.0. The number of rotatable bonds is 3. The molecule has 0 saturated heterocycles. The Morgan fingerprint density at radius 1 is 1.26 bits per heavy atom. The molecule has 6 nitrogen and oxygen atoms in total. The van der Waals surface area contributed by atoms with Gasteiger partial charge in [-0.2, -0.15) is 5.10 Å². The topological polar surface area (TPSA) is 71.8 Å². The van der Waals surface area contributed by atoms with Crippen LogP contribution in [0.2, 0.25) is 0 Å². The lowest BCUT2D eigenvalue weighted by molar-refractivity contribution is 0.247. The van der Waals surface area contributed by atoms with Crippen LogP contribution in [0.15, 0.2) is 42.6 Å². The van der Waals surface area contributed by atoms with Gasteiger partial charge in [-0.15, -0.1) is 11.3 Å². The van der Waals surface area contributed by atoms with Crippen LogP contribution in [-0.4, -0.2) is 20.8 Å². The number of carbonyl (C=O) groups excluding carboxylic acids is 1. The molecule has 0 saturated carbocycles. The van der Waals surface area contributed by atoms with Crippen LogP contribution in [0.1, 0.15) is 35.7 Å². The van der Waals surface area contributed by atoms with Crippen molar-refractivity contribution >= 4 is 33.3 Å². The van der Waals surface area contributed by atoms with Gasteiger partial charge in [-0.3, -0.25) is 4.68 Å². The molecule has 2 aromatic heterocycles. The van der Waals surface area contributed by atoms with E-state index in [1.807, 2.05) is 43.0 Å². The van der Waals surface area contributed by atoms with Crippen LogP contribution < -0.4 is 10.6 Å². The zero-order valence-corrected chi connectivity index (χ0v) is 18.1. The summed E-state index contributed by atoms with van der Waals surface area (Å²) in [7, 11) is 1.94. The molecule has 1 aliphatic rings. The van der Waals surface area contributed by atoms with E-state index in [9.17, 15) is 9.18 Å². The van der Waals surface area contributed by atoms with Crippen LogP contribution in [0.3, 0.4) is 0 Å². The highest BCUT2D eigenvalue weighted by molar-refractivity contribution is 7.21. The second-order valence-corrected chi connectivity index (χ2v) is 8.90. The van der Waals surface area contributed by atoms with Crippen molar-refractivity contribution in [3.05, 3.63) is 65.2 Å². The molecule has 2 heterocycles. The molecule has 8 heteroatoms. The van der Waals surface area contributed by atoms with Crippen LogP contribution in [0.25, 0.3) is 20.8 Å². The molecule has 2 N–H and O–H groups in total. The SMILES string of the molecule is Cc1cc(-c2nc3cc(F)ccc3s2)ccc1NC(=O)NC1CCCc2c1cnn2C. The van der Waals surface area contributed by atoms with E-state index in [0.717, 1.165) is 51.3 Å². The van der Waals surface area contributed by atoms with E-state index in [4.69, 9.17) is 0 Å². The maximum absolute atomic E-state index is 13.5. The molecule has 2 amide bonds. The van der Waals surface area contributed by atoms with Gasteiger partial charge in [-0.25, -0.2) is 14.2 Å². The predicted molar refractivity (Wildman–Crippen MR) is 121 cm³/mol. The molecule has 1 unspecified atom stereocenters. The molecule has 0 aliphatic heterocycles. The number of anilines is 1. The van der Waals surface area contributed by atoms with Crippen molar-refractivity contribution in [3.8, 4) is 10.6 Å². The van der Waals surface area contributed by atoms with Gasteiger partial charge >= 0.3 is 6.03 Å². The molecule has 0 bridgehead atoms. The number of thiazole rings is 1. The lowest BCUT2D eigenvalue weighted by Crippen LogP contribution is -2.34. The largest absolute Gasteiger partial charge is 0.331 e. The Kier molecular flexibility index (Phi) is 4.94. The quantitative estimate of drug-likeness (QED) is 0.456. The first-order valence-electron chi connectivity index (χ1n) is 10.2. The Hall–Kier alpha value is -3.26. The van der Waals surface area contributed by atoms with Crippen LogP contribution in [0, 0.1) is 12.7 Å². The number of fused-ring (bicyclic) bond motifs is 2. The summed E-state index contributed by atoms with van der Waals surface area (Å²) < 4.78 is 16.3. The van der Waals surface area contributed by atoms with Gasteiger partial charge in [0.25, 0.3) is 0 Å². The number of carbonyl (C=O) groups is 1. The normalized spacial score (nSPS) is 15.6. The average molecular weight is 436 g/mol. The fourth-order valence-corrected chi connectivity index (χ4v) is 5.08. The van der Waals surface area contributed by atoms with Gasteiger partial charge in [0.05, 0.1) is 22.5 Å². The lowest BCUT2D eigenvalue weighted by Gasteiger charge is -2.24. The third-order valence-electron chi connectivity index (χ3n) is 5.75. The Bertz CT molecular complexity index is 1290. The van der Waals surface area contributed by atoms with E-state index in [2.05, 4.69) is 20.7 Å². The van der Waals surface area contributed by atoms with Crippen molar-refractivity contribution in [2.75, 3.05) is 5.32 Å². The van der Waals surface area contributed by atoms with Gasteiger partial charge in [0.1, 0.15) is 10.8 Å². The fourth-order valence-electron chi connectivity index (χ4n) is 4.13. The summed E-state index contributed by atoms with van der Waals surface area (Å²) in [5.74, 6) is -0.289. The van der Waals surface area contributed by atoms with E-state index < -0.39 is 0 Å². The number of nitrogens with one attached hydrogen (secondary N) is 2. The molecule has 0 fully saturated rings. The smallest absolute Gasteiger partial charge is 0.319 e. The summed E-state index contributed by atoms with van der Waals surface area (Å²) in [4.78, 5) is 17.2. The third-order valence-corrected chi connectivity index (χ3v) is 6.84. The number of nitrogens with zero attached hydrogens (tertiary/aromatic N) is 3. The Balaban J connectivity index is 1.31. The molecule has 0 spiro atoms. The highest BCUT2D eigenvalue weighted by atomic mass is 32.1. The monoisotopic (exact) mass is 435 g/mol. The summed E-state index contributed by atoms with van der Waals surface area (Å²) in [6.07, 6.45) is 4.77. The van der Waals surface area contributed by atoms with Crippen molar-refractivity contribution < 1.29 is 9.18 Å². The standard InChI is InChI=1S/C23H22FN5OS/c1-13-10-14(22-26-19-11-15(24)7-9-21(19)31-22)6-8-17(13)27-23(30)28-18-4-3-5-20-16(18)12-25-29(20)2/h6-12,18H,3-5H2,1-2H3,(H2,27,28,30). The molecule has 1 aliphatic carbocycles. The van der Waals surface area contributed by atoms with E-state index in [1.165, 1.54) is 29.2 Å². The minimum absolute atomic E-state index is 0.0276. The summed E-state index contributed by atoms with van der Waals surface area (Å²) in [6.45, 7) is 1.95. The Labute approximate surface area is 183 Å². The second kappa shape index (κ2) is 7.77. The summed E-state index contributed by atoms with van der Waals surface area (Å²) in [6, 6.07) is 10.2. The number of halogens is 1. The van der Waals surface area contributed by atoms with Crippen LogP contribution in [0.5, 0.6) is 0 Å². The van der Waals surface area contributed by atoms with Gasteiger partial charge in [0.15, 0.2) is 0 Å². The van der Waals surface area contributed by atoms with Gasteiger partial charge in [0.2, 0.25) is 0 Å². The molecular formula is C23H22FN5OS. The van der Waals surface area contributed by atoms with Crippen molar-refractivity contribution in [3.63, 3.8) is 0 Å². The number of urea groups is 1. The van der Waals surface area contributed by atoms with Crippen molar-refractivity contribution in [1.82, 2.24) is 20.1 Å². The molecule has 0 radical (unpaired) electrons. The number of hydrogen-bond acceptors (Lipinski definition) is 4. The van der Waals surface area contributed by atoms with E-state index in [0.29, 0.717) is 5.52 Å². The van der Waals surface area contributed by atoms with Gasteiger partial charge in [0, 0.05) is 35.6 Å². The second-order valence-electron chi connectivity index (χ2n) is 7.87. The summed E-state index contributed by atoms with van der Waals surface area (Å²) >= 11 is 1.52. The maximum atomic E-state index is 13.5. The van der Waals surface area contributed by atoms with Crippen LogP contribution >= 0.6 is 11.3 Å². The minimum atomic E-state index is -0.289. The zero-order chi connectivity index (χ0) is 21.5. The minimum Gasteiger partial charge on any atom is -0.331 e. The number of aryl methyl sites for hydroxylation is 2. The summed E-state index contributed by atoms with van der Waals surface area (Å²) in [5.41, 5.74) is 5.56. The summed E-state index contributed by atoms with van der Waals surface area (Å²) in [5, 5.41) is 11.2. The van der Waals surface area contributed by atoms with Gasteiger partial charge in [-0.05, 0) is 62.1 Å². The predicted octanol–water partition coefficient (Wildman–Crippen LogP) is 5.34. The van der Waals surface area contributed by atoms with Crippen molar-refractivity contribution in [2.45, 2.75) is 32.2 Å². The lowest BCUT2D eigenvalue weighted by atomic mass is 9.93. The van der Waals surface area contributed by atoms with Crippen LogP contribution in [0.4, 0.5) is 14.9 Å². The van der Waals surface area contributed by atoms with Gasteiger partial charge in [-0.1, -0.05) is 0 Å². The Morgan fingerprint density at radius 3 is 2.97 bits per heavy atom. The number of aromatic nitrogens is 3. The van der Waals surface area contributed by atoms with Gasteiger partial charge < -0.3 is 10.6 Å². The first-order chi connectivity index (χ1) is 15.0. The number of hydrogen-bond donors (Lipinski definition) is 2. The number of benzene rings is 2. The maximum Gasteiger partial charge on any atom is 0.319 e. The van der Waals surface area contributed by atoms with Crippen molar-refractivity contribution in [1.29, 1.82) is 0 Å². The highest BCUT2D eigenvalue weighted by Gasteiger charge is 2.24. The number of amides is 2. The molecular weight excluding hydrogens is 413 g/mol. The van der Waals surface area contributed by atoms with Crippen LogP contribution in [-0.2, 0) is 13.5 Å². The molecule has 2 aromatic carbocycles. The molecule has 1 atom stereocenters. The Morgan fingerprint density at radius 2 is 2.13 bits per heavy atom. The van der Waals surface area contributed by atoms with E-state index >= 15 is 0 Å². The fraction of sp³-hybridized carbons (Fsp3) is 0.261. The van der Waals surface area contributed by atoms with E-state index in [1.54, 1.807) is 6.07 Å². The molecule has 4 aromatic rings. The highest BCUT2D eigenvalue weighted by Crippen LogP contribution is 2.33.